The summed E-state index contributed by atoms with van der Waals surface area (Å²) in [5.74, 6) is 0. The molecule has 9 heteroatoms. The minimum absolute atomic E-state index is 0. The summed E-state index contributed by atoms with van der Waals surface area (Å²) in [5, 5.41) is 29.8. The van der Waals surface area contributed by atoms with E-state index in [0.717, 1.165) is 33.2 Å². The Morgan fingerprint density at radius 1 is 0.605 bits per heavy atom. The number of pyridine rings is 2. The van der Waals surface area contributed by atoms with Gasteiger partial charge in [0.15, 0.2) is 12.2 Å². The van der Waals surface area contributed by atoms with Crippen LogP contribution in [0, 0.1) is 13.8 Å². The molecule has 0 atom stereocenters. The molecule has 0 amide bonds. The number of nitrogens with zero attached hydrogens (tertiary/aromatic N) is 4. The van der Waals surface area contributed by atoms with Crippen molar-refractivity contribution in [1.29, 1.82) is 0 Å². The summed E-state index contributed by atoms with van der Waals surface area (Å²) in [6.07, 6.45) is -2.38. The fourth-order valence-corrected chi connectivity index (χ4v) is 4.48. The summed E-state index contributed by atoms with van der Waals surface area (Å²) >= 11 is 0. The summed E-state index contributed by atoms with van der Waals surface area (Å²) in [4.78, 5) is 9.81. The molecule has 0 N–H and O–H groups in total. The Morgan fingerprint density at radius 3 is 1.28 bits per heavy atom. The summed E-state index contributed by atoms with van der Waals surface area (Å²) in [6.45, 7) is 10.8. The quantitative estimate of drug-likeness (QED) is 0.0756. The average Bonchev–Trinajstić information content (AvgIpc) is 2.96. The zero-order valence-corrected chi connectivity index (χ0v) is 26.5. The Labute approximate surface area is 265 Å². The first-order chi connectivity index (χ1) is 20.1. The number of aryl methyl sites for hydroxylation is 2. The van der Waals surface area contributed by atoms with E-state index in [9.17, 15) is 10.2 Å². The third-order valence-corrected chi connectivity index (χ3v) is 6.07. The van der Waals surface area contributed by atoms with E-state index in [2.05, 4.69) is 106 Å². The van der Waals surface area contributed by atoms with Crippen molar-refractivity contribution < 1.29 is 40.1 Å². The van der Waals surface area contributed by atoms with Crippen LogP contribution < -0.4 is 10.2 Å². The minimum atomic E-state index is -0.902. The zero-order chi connectivity index (χ0) is 30.2. The molecule has 2 aromatic heterocycles. The molecule has 0 aliphatic rings. The summed E-state index contributed by atoms with van der Waals surface area (Å²) in [5.41, 5.74) is 8.76. The van der Waals surface area contributed by atoms with Crippen molar-refractivity contribution in [3.63, 3.8) is 0 Å². The van der Waals surface area contributed by atoms with Crippen molar-refractivity contribution >= 4 is 34.0 Å². The molecule has 8 nitrogen and oxygen atoms in total. The maximum atomic E-state index is 10.8. The number of hydrogen-bond donors (Lipinski definition) is 0. The molecule has 0 radical (unpaired) electrons. The van der Waals surface area contributed by atoms with Crippen LogP contribution >= 0.6 is 0 Å². The van der Waals surface area contributed by atoms with Gasteiger partial charge in [-0.1, -0.05) is 100 Å². The molecule has 0 spiro atoms. The molecule has 3 aromatic carbocycles. The molecular formula is C34H34N4O4Pd. The molecule has 2 heterocycles. The van der Waals surface area contributed by atoms with Crippen LogP contribution in [0.4, 0.5) is 0 Å². The monoisotopic (exact) mass is 668 g/mol. The molecule has 0 saturated carbocycles. The Bertz CT molecular complexity index is 1600. The second-order valence-corrected chi connectivity index (χ2v) is 10.3. The van der Waals surface area contributed by atoms with E-state index in [0.29, 0.717) is 0 Å². The van der Waals surface area contributed by atoms with Crippen LogP contribution in [0.1, 0.15) is 39.1 Å². The molecule has 0 unspecified atom stereocenters. The largest absolute Gasteiger partial charge is 2.00 e. The van der Waals surface area contributed by atoms with Crippen molar-refractivity contribution in [1.82, 2.24) is 9.97 Å². The van der Waals surface area contributed by atoms with Crippen LogP contribution in [0.15, 0.2) is 95.1 Å². The third kappa shape index (κ3) is 8.84. The molecule has 5 rings (SSSR count). The van der Waals surface area contributed by atoms with E-state index < -0.39 is 12.2 Å². The summed E-state index contributed by atoms with van der Waals surface area (Å²) in [6, 6.07) is 29.7. The molecule has 0 aliphatic heterocycles. The molecule has 0 saturated heterocycles. The van der Waals surface area contributed by atoms with Crippen LogP contribution in [-0.2, 0) is 29.9 Å². The zero-order valence-electron chi connectivity index (χ0n) is 25.0. The molecule has 0 aliphatic carbocycles. The van der Waals surface area contributed by atoms with Crippen LogP contribution in [0.25, 0.3) is 44.1 Å². The SMILES string of the molecule is CC(C)O/C([O-])=N\N=C(\[O-])OC(C)C.Cc1cc(-c2ccccc2)c2ccc3c(-c4ccccc4)cc(C)nc3c2n1.[Pd+2]. The van der Waals surface area contributed by atoms with Gasteiger partial charge in [0.2, 0.25) is 0 Å². The smallest absolute Gasteiger partial charge is 0.596 e. The van der Waals surface area contributed by atoms with Gasteiger partial charge < -0.3 is 19.7 Å². The van der Waals surface area contributed by atoms with Crippen molar-refractivity contribution in [3.05, 3.63) is 96.3 Å². The number of rotatable bonds is 5. The van der Waals surface area contributed by atoms with Gasteiger partial charge in [-0.05, 0) is 48.2 Å². The maximum Gasteiger partial charge on any atom is 2.00 e. The molecule has 0 fully saturated rings. The average molecular weight is 669 g/mol. The number of aromatic nitrogens is 2. The van der Waals surface area contributed by atoms with Gasteiger partial charge in [-0.2, -0.15) is 0 Å². The van der Waals surface area contributed by atoms with Crippen molar-refractivity contribution in [2.75, 3.05) is 0 Å². The minimum Gasteiger partial charge on any atom is -0.596 e. The molecule has 224 valence electrons. The summed E-state index contributed by atoms with van der Waals surface area (Å²) < 4.78 is 9.20. The first kappa shape index (κ1) is 33.2. The summed E-state index contributed by atoms with van der Waals surface area (Å²) in [7, 11) is 0. The number of hydrogen-bond acceptors (Lipinski definition) is 8. The number of benzene rings is 3. The van der Waals surface area contributed by atoms with Gasteiger partial charge in [0, 0.05) is 34.4 Å². The van der Waals surface area contributed by atoms with Gasteiger partial charge in [-0.3, -0.25) is 9.97 Å². The van der Waals surface area contributed by atoms with E-state index in [-0.39, 0.29) is 32.6 Å². The predicted octanol–water partition coefficient (Wildman–Crippen LogP) is 5.92. The molecule has 43 heavy (non-hydrogen) atoms. The number of ether oxygens (including phenoxy) is 2. The van der Waals surface area contributed by atoms with Gasteiger partial charge in [0.1, 0.15) is 0 Å². The van der Waals surface area contributed by atoms with Gasteiger partial charge in [-0.25, -0.2) is 0 Å². The molecule has 0 bridgehead atoms. The topological polar surface area (TPSA) is 115 Å². The van der Waals surface area contributed by atoms with Gasteiger partial charge in [0.05, 0.1) is 11.0 Å². The normalized spacial score (nSPS) is 11.7. The van der Waals surface area contributed by atoms with Crippen molar-refractivity contribution in [3.8, 4) is 22.3 Å². The van der Waals surface area contributed by atoms with Crippen LogP contribution in [0.2, 0.25) is 0 Å². The third-order valence-electron chi connectivity index (χ3n) is 6.07. The number of fused-ring (bicyclic) bond motifs is 3. The molecular weight excluding hydrogens is 635 g/mol. The van der Waals surface area contributed by atoms with Gasteiger partial charge in [-0.15, -0.1) is 10.2 Å². The van der Waals surface area contributed by atoms with Crippen LogP contribution in [-0.4, -0.2) is 34.3 Å². The Hall–Kier alpha value is -4.32. The Kier molecular flexibility index (Phi) is 11.8. The standard InChI is InChI=1S/C26H20N2.C8H16N2O4.Pd/c1-17-15-23(19-9-5-3-6-10-19)21-13-14-22-24(20-11-7-4-8-12-20)16-18(2)28-26(22)25(21)27-17;1-5(2)13-7(11)9-10-8(12)14-6(3)4;/h3-16H,1-2H3;5-6H,1-4H3,(H,9,11)(H,10,12);/q;;+2/p-2. The second-order valence-electron chi connectivity index (χ2n) is 10.3. The van der Waals surface area contributed by atoms with E-state index >= 15 is 0 Å². The van der Waals surface area contributed by atoms with E-state index in [1.807, 2.05) is 12.1 Å². The van der Waals surface area contributed by atoms with Gasteiger partial charge >= 0.3 is 20.4 Å². The molecule has 5 aromatic rings. The Balaban J connectivity index is 0.000000290. The maximum absolute atomic E-state index is 10.8. The predicted molar refractivity (Wildman–Crippen MR) is 165 cm³/mol. The van der Waals surface area contributed by atoms with Crippen molar-refractivity contribution in [2.24, 2.45) is 10.2 Å². The van der Waals surface area contributed by atoms with E-state index in [1.54, 1.807) is 27.7 Å². The van der Waals surface area contributed by atoms with E-state index in [1.165, 1.54) is 22.3 Å². The van der Waals surface area contributed by atoms with Crippen molar-refractivity contribution in [2.45, 2.75) is 53.8 Å². The van der Waals surface area contributed by atoms with Crippen LogP contribution in [0.5, 0.6) is 0 Å². The second kappa shape index (κ2) is 15.2. The Morgan fingerprint density at radius 2 is 0.953 bits per heavy atom. The first-order valence-corrected chi connectivity index (χ1v) is 13.8. The first-order valence-electron chi connectivity index (χ1n) is 13.8. The van der Waals surface area contributed by atoms with E-state index in [4.69, 9.17) is 9.97 Å². The van der Waals surface area contributed by atoms with Gasteiger partial charge in [0.25, 0.3) is 0 Å². The van der Waals surface area contributed by atoms with Crippen LogP contribution in [0.3, 0.4) is 0 Å². The fraction of sp³-hybridized carbons (Fsp3) is 0.235. The fourth-order valence-electron chi connectivity index (χ4n) is 4.48.